The highest BCUT2D eigenvalue weighted by Gasteiger charge is 2.10. The largest absolute Gasteiger partial charge is 0.396 e. The van der Waals surface area contributed by atoms with Crippen LogP contribution in [0.3, 0.4) is 0 Å². The van der Waals surface area contributed by atoms with E-state index >= 15 is 0 Å². The van der Waals surface area contributed by atoms with Crippen molar-refractivity contribution in [3.63, 3.8) is 0 Å². The molecule has 0 heterocycles. The molecule has 0 saturated heterocycles. The summed E-state index contributed by atoms with van der Waals surface area (Å²) in [5.41, 5.74) is 1.24. The highest BCUT2D eigenvalue weighted by Crippen LogP contribution is 2.15. The first-order valence-electron chi connectivity index (χ1n) is 6.01. The van der Waals surface area contributed by atoms with Crippen LogP contribution < -0.4 is 10.6 Å². The molecule has 0 aliphatic carbocycles. The van der Waals surface area contributed by atoms with Crippen LogP contribution >= 0.6 is 0 Å². The summed E-state index contributed by atoms with van der Waals surface area (Å²) >= 11 is 0. The van der Waals surface area contributed by atoms with Gasteiger partial charge in [0, 0.05) is 18.3 Å². The molecule has 4 nitrogen and oxygen atoms in total. The second kappa shape index (κ2) is 6.96. The van der Waals surface area contributed by atoms with E-state index in [1.54, 1.807) is 6.92 Å². The Balaban J connectivity index is 2.58. The number of halogens is 1. The molecule has 5 heteroatoms. The van der Waals surface area contributed by atoms with Gasteiger partial charge in [-0.3, -0.25) is 0 Å². The maximum atomic E-state index is 12.9. The lowest BCUT2D eigenvalue weighted by atomic mass is 10.1. The van der Waals surface area contributed by atoms with Crippen LogP contribution in [0.15, 0.2) is 18.2 Å². The zero-order valence-electron chi connectivity index (χ0n) is 10.7. The van der Waals surface area contributed by atoms with E-state index in [1.807, 2.05) is 6.92 Å². The summed E-state index contributed by atoms with van der Waals surface area (Å²) in [6.07, 6.45) is 1.27. The predicted octanol–water partition coefficient (Wildman–Crippen LogP) is 2.42. The number of nitrogens with one attached hydrogen (secondary N) is 2. The summed E-state index contributed by atoms with van der Waals surface area (Å²) in [7, 11) is 0. The first kappa shape index (κ1) is 14.4. The van der Waals surface area contributed by atoms with Crippen molar-refractivity contribution in [2.75, 3.05) is 11.9 Å². The van der Waals surface area contributed by atoms with Crippen molar-refractivity contribution in [3.05, 3.63) is 29.6 Å². The van der Waals surface area contributed by atoms with Gasteiger partial charge in [0.2, 0.25) is 0 Å². The minimum absolute atomic E-state index is 0.0361. The predicted molar refractivity (Wildman–Crippen MR) is 69.1 cm³/mol. The Morgan fingerprint density at radius 3 is 2.78 bits per heavy atom. The quantitative estimate of drug-likeness (QED) is 0.755. The molecule has 0 aromatic heterocycles. The Morgan fingerprint density at radius 2 is 2.22 bits per heavy atom. The van der Waals surface area contributed by atoms with E-state index < -0.39 is 0 Å². The second-order valence-electron chi connectivity index (χ2n) is 4.18. The van der Waals surface area contributed by atoms with Crippen molar-refractivity contribution in [2.24, 2.45) is 0 Å². The Labute approximate surface area is 106 Å². The fourth-order valence-electron chi connectivity index (χ4n) is 1.65. The number of hydrogen-bond acceptors (Lipinski definition) is 2. The Morgan fingerprint density at radius 1 is 1.50 bits per heavy atom. The summed E-state index contributed by atoms with van der Waals surface area (Å²) < 4.78 is 12.9. The van der Waals surface area contributed by atoms with E-state index in [0.29, 0.717) is 17.7 Å². The lowest BCUT2D eigenvalue weighted by molar-refractivity contribution is 0.237. The zero-order valence-corrected chi connectivity index (χ0v) is 10.7. The molecule has 0 spiro atoms. The molecule has 0 aliphatic rings. The number of carbonyl (C=O) groups excluding carboxylic acids is 1. The van der Waals surface area contributed by atoms with E-state index in [2.05, 4.69) is 10.6 Å². The van der Waals surface area contributed by atoms with Gasteiger partial charge in [0.1, 0.15) is 5.82 Å². The van der Waals surface area contributed by atoms with E-state index in [1.165, 1.54) is 18.2 Å². The summed E-state index contributed by atoms with van der Waals surface area (Å²) in [4.78, 5) is 11.7. The molecule has 0 saturated carbocycles. The fourth-order valence-corrected chi connectivity index (χ4v) is 1.65. The number of carbonyl (C=O) groups is 1. The third-order valence-electron chi connectivity index (χ3n) is 2.74. The second-order valence-corrected chi connectivity index (χ2v) is 4.18. The Hall–Kier alpha value is -1.62. The van der Waals surface area contributed by atoms with Crippen LogP contribution in [0.1, 0.15) is 25.3 Å². The molecule has 0 aliphatic heterocycles. The SMILES string of the molecule is CCC(CCO)NC(=O)Nc1ccc(F)cc1C. The smallest absolute Gasteiger partial charge is 0.319 e. The molecule has 1 aromatic rings. The lowest BCUT2D eigenvalue weighted by Gasteiger charge is -2.17. The molecule has 1 unspecified atom stereocenters. The van der Waals surface area contributed by atoms with Crippen molar-refractivity contribution < 1.29 is 14.3 Å². The van der Waals surface area contributed by atoms with Gasteiger partial charge in [-0.05, 0) is 43.5 Å². The van der Waals surface area contributed by atoms with Crippen LogP contribution in [0, 0.1) is 12.7 Å². The molecule has 1 aromatic carbocycles. The Kier molecular flexibility index (Phi) is 5.58. The zero-order chi connectivity index (χ0) is 13.5. The van der Waals surface area contributed by atoms with Gasteiger partial charge in [-0.2, -0.15) is 0 Å². The number of rotatable bonds is 5. The molecular formula is C13H19FN2O2. The summed E-state index contributed by atoms with van der Waals surface area (Å²) in [6, 6.07) is 3.78. The molecule has 1 rings (SSSR count). The molecule has 0 radical (unpaired) electrons. The average molecular weight is 254 g/mol. The van der Waals surface area contributed by atoms with Crippen LogP contribution in [0.5, 0.6) is 0 Å². The fraction of sp³-hybridized carbons (Fsp3) is 0.462. The van der Waals surface area contributed by atoms with Crippen LogP contribution in [0.25, 0.3) is 0 Å². The number of anilines is 1. The van der Waals surface area contributed by atoms with Crippen LogP contribution in [-0.2, 0) is 0 Å². The Bertz CT molecular complexity index is 410. The molecule has 0 fully saturated rings. The third kappa shape index (κ3) is 4.33. The minimum Gasteiger partial charge on any atom is -0.396 e. The first-order chi connectivity index (χ1) is 8.56. The molecule has 1 atom stereocenters. The van der Waals surface area contributed by atoms with E-state index in [4.69, 9.17) is 5.11 Å². The van der Waals surface area contributed by atoms with Crippen LogP contribution in [-0.4, -0.2) is 23.8 Å². The maximum absolute atomic E-state index is 12.9. The number of aliphatic hydroxyl groups excluding tert-OH is 1. The van der Waals surface area contributed by atoms with Gasteiger partial charge in [-0.1, -0.05) is 6.92 Å². The van der Waals surface area contributed by atoms with Crippen molar-refractivity contribution in [1.82, 2.24) is 5.32 Å². The topological polar surface area (TPSA) is 61.4 Å². The van der Waals surface area contributed by atoms with Gasteiger partial charge in [0.05, 0.1) is 0 Å². The van der Waals surface area contributed by atoms with Crippen molar-refractivity contribution in [1.29, 1.82) is 0 Å². The number of aliphatic hydroxyl groups is 1. The first-order valence-corrected chi connectivity index (χ1v) is 6.01. The minimum atomic E-state index is -0.343. The summed E-state index contributed by atoms with van der Waals surface area (Å²) in [6.45, 7) is 3.70. The standard InChI is InChI=1S/C13H19FN2O2/c1-3-11(6-7-17)15-13(18)16-12-5-4-10(14)8-9(12)2/h4-5,8,11,17H,3,6-7H2,1-2H3,(H2,15,16,18). The lowest BCUT2D eigenvalue weighted by Crippen LogP contribution is -2.38. The number of amides is 2. The van der Waals surface area contributed by atoms with Gasteiger partial charge >= 0.3 is 6.03 Å². The number of benzene rings is 1. The van der Waals surface area contributed by atoms with E-state index in [-0.39, 0.29) is 24.5 Å². The molecule has 3 N–H and O–H groups in total. The molecule has 2 amide bonds. The van der Waals surface area contributed by atoms with Crippen LogP contribution in [0.4, 0.5) is 14.9 Å². The molecular weight excluding hydrogens is 235 g/mol. The van der Waals surface area contributed by atoms with Crippen molar-refractivity contribution in [2.45, 2.75) is 32.7 Å². The normalized spacial score (nSPS) is 12.0. The summed E-state index contributed by atoms with van der Waals surface area (Å²) in [5, 5.41) is 14.2. The number of hydrogen-bond donors (Lipinski definition) is 3. The van der Waals surface area contributed by atoms with E-state index in [0.717, 1.165) is 6.42 Å². The van der Waals surface area contributed by atoms with Crippen molar-refractivity contribution in [3.8, 4) is 0 Å². The van der Waals surface area contributed by atoms with Crippen LogP contribution in [0.2, 0.25) is 0 Å². The number of aryl methyl sites for hydroxylation is 1. The van der Waals surface area contributed by atoms with Gasteiger partial charge in [-0.25, -0.2) is 9.18 Å². The molecule has 0 bridgehead atoms. The molecule has 18 heavy (non-hydrogen) atoms. The van der Waals surface area contributed by atoms with Gasteiger partial charge in [-0.15, -0.1) is 0 Å². The highest BCUT2D eigenvalue weighted by atomic mass is 19.1. The average Bonchev–Trinajstić information content (AvgIpc) is 2.32. The maximum Gasteiger partial charge on any atom is 0.319 e. The van der Waals surface area contributed by atoms with E-state index in [9.17, 15) is 9.18 Å². The van der Waals surface area contributed by atoms with Gasteiger partial charge < -0.3 is 15.7 Å². The van der Waals surface area contributed by atoms with Gasteiger partial charge in [0.25, 0.3) is 0 Å². The molecule has 100 valence electrons. The highest BCUT2D eigenvalue weighted by molar-refractivity contribution is 5.90. The monoisotopic (exact) mass is 254 g/mol. The number of urea groups is 1. The summed E-state index contributed by atoms with van der Waals surface area (Å²) in [5.74, 6) is -0.329. The third-order valence-corrected chi connectivity index (χ3v) is 2.74. The van der Waals surface area contributed by atoms with Crippen molar-refractivity contribution >= 4 is 11.7 Å². The van der Waals surface area contributed by atoms with Gasteiger partial charge in [0.15, 0.2) is 0 Å².